The Morgan fingerprint density at radius 1 is 1.11 bits per heavy atom. The Bertz CT molecular complexity index is 1060. The lowest BCUT2D eigenvalue weighted by Gasteiger charge is -2.28. The van der Waals surface area contributed by atoms with Gasteiger partial charge in [-0.05, 0) is 69.3 Å². The molecule has 9 heteroatoms. The first-order valence-corrected chi connectivity index (χ1v) is 13.5. The molecule has 2 unspecified atom stereocenters. The smallest absolute Gasteiger partial charge is 0.305 e. The molecule has 3 atom stereocenters. The van der Waals surface area contributed by atoms with Crippen molar-refractivity contribution in [3.8, 4) is 22.8 Å². The normalized spacial score (nSPS) is 20.9. The van der Waals surface area contributed by atoms with E-state index in [0.29, 0.717) is 23.8 Å². The molecule has 2 heterocycles. The zero-order valence-electron chi connectivity index (χ0n) is 22.2. The summed E-state index contributed by atoms with van der Waals surface area (Å²) in [5.74, 6) is 0.421. The van der Waals surface area contributed by atoms with Gasteiger partial charge in [0.05, 0.1) is 37.9 Å². The summed E-state index contributed by atoms with van der Waals surface area (Å²) in [6.45, 7) is 5.05. The number of rotatable bonds is 11. The molecule has 1 saturated heterocycles. The van der Waals surface area contributed by atoms with Gasteiger partial charge < -0.3 is 24.8 Å². The number of carbonyl (C=O) groups excluding carboxylic acids is 1. The second kappa shape index (κ2) is 12.4. The summed E-state index contributed by atoms with van der Waals surface area (Å²) in [6.07, 6.45) is 7.24. The second-order valence-electron chi connectivity index (χ2n) is 10.3. The Kier molecular flexibility index (Phi) is 9.08. The number of hydrogen-bond donors (Lipinski definition) is 2. The number of carbonyl (C=O) groups is 2. The van der Waals surface area contributed by atoms with Crippen molar-refractivity contribution in [3.63, 3.8) is 0 Å². The molecule has 0 bridgehead atoms. The summed E-state index contributed by atoms with van der Waals surface area (Å²) in [4.78, 5) is 27.3. The molecular formula is C28H40N4O5. The molecular weight excluding hydrogens is 472 g/mol. The molecule has 2 N–H and O–H groups in total. The van der Waals surface area contributed by atoms with E-state index in [1.165, 1.54) is 19.3 Å². The third-order valence-electron chi connectivity index (χ3n) is 7.78. The van der Waals surface area contributed by atoms with Crippen LogP contribution in [-0.2, 0) is 4.79 Å². The number of carboxylic acid groups (broad SMARTS) is 1. The summed E-state index contributed by atoms with van der Waals surface area (Å²) >= 11 is 0. The molecule has 2 aliphatic rings. The van der Waals surface area contributed by atoms with Crippen molar-refractivity contribution < 1.29 is 24.2 Å². The highest BCUT2D eigenvalue weighted by Crippen LogP contribution is 2.43. The third kappa shape index (κ3) is 6.44. The van der Waals surface area contributed by atoms with Crippen LogP contribution < -0.4 is 14.8 Å². The molecule has 2 aromatic rings. The van der Waals surface area contributed by atoms with E-state index in [4.69, 9.17) is 14.6 Å². The maximum atomic E-state index is 13.4. The highest BCUT2D eigenvalue weighted by atomic mass is 16.5. The van der Waals surface area contributed by atoms with Crippen LogP contribution in [0.15, 0.2) is 24.3 Å². The molecule has 202 valence electrons. The number of hydrogen-bond acceptors (Lipinski definition) is 6. The van der Waals surface area contributed by atoms with Gasteiger partial charge in [-0.3, -0.25) is 14.3 Å². The molecule has 1 aliphatic heterocycles. The van der Waals surface area contributed by atoms with Gasteiger partial charge in [-0.1, -0.05) is 25.8 Å². The average molecular weight is 513 g/mol. The predicted octanol–water partition coefficient (Wildman–Crippen LogP) is 4.38. The van der Waals surface area contributed by atoms with Crippen LogP contribution in [0.5, 0.6) is 11.5 Å². The van der Waals surface area contributed by atoms with Crippen molar-refractivity contribution in [1.29, 1.82) is 0 Å². The number of aromatic nitrogens is 2. The Balaban J connectivity index is 1.62. The molecule has 1 saturated carbocycles. The van der Waals surface area contributed by atoms with E-state index in [0.717, 1.165) is 50.2 Å². The lowest BCUT2D eigenvalue weighted by molar-refractivity contribution is -0.137. The van der Waals surface area contributed by atoms with Crippen LogP contribution in [-0.4, -0.2) is 71.6 Å². The van der Waals surface area contributed by atoms with E-state index in [-0.39, 0.29) is 24.1 Å². The number of nitrogens with zero attached hydrogens (tertiary/aromatic N) is 3. The van der Waals surface area contributed by atoms with E-state index in [1.54, 1.807) is 20.3 Å². The number of aliphatic carboxylic acids is 1. The van der Waals surface area contributed by atoms with Crippen molar-refractivity contribution in [2.24, 2.45) is 5.92 Å². The van der Waals surface area contributed by atoms with Crippen molar-refractivity contribution in [2.75, 3.05) is 33.9 Å². The Labute approximate surface area is 219 Å². The van der Waals surface area contributed by atoms with E-state index in [9.17, 15) is 14.7 Å². The SMILES string of the molecule is COc1cccc(OC)c1-c1cc(C(=O)N[C@@H](CCN2CCCCC2)CC(=O)O)nn1C1CCCC1C. The summed E-state index contributed by atoms with van der Waals surface area (Å²) in [7, 11) is 3.23. The van der Waals surface area contributed by atoms with Gasteiger partial charge in [0.2, 0.25) is 0 Å². The lowest BCUT2D eigenvalue weighted by Crippen LogP contribution is -2.40. The summed E-state index contributed by atoms with van der Waals surface area (Å²) in [5, 5.41) is 17.2. The number of ether oxygens (including phenoxy) is 2. The highest BCUT2D eigenvalue weighted by molar-refractivity contribution is 5.94. The minimum absolute atomic E-state index is 0.118. The van der Waals surface area contributed by atoms with Crippen molar-refractivity contribution >= 4 is 11.9 Å². The van der Waals surface area contributed by atoms with Crippen molar-refractivity contribution in [2.45, 2.75) is 70.4 Å². The standard InChI is InChI=1S/C28H40N4O5/c1-19-9-7-10-22(19)32-23(27-24(36-2)11-8-12-25(27)37-3)18-21(30-32)28(35)29-20(17-26(33)34)13-16-31-14-5-4-6-15-31/h8,11-12,18-20,22H,4-7,9-10,13-17H2,1-3H3,(H,29,35)(H,33,34)/t19?,20-,22?/m0/s1. The maximum Gasteiger partial charge on any atom is 0.305 e. The minimum Gasteiger partial charge on any atom is -0.496 e. The quantitative estimate of drug-likeness (QED) is 0.460. The number of nitrogens with one attached hydrogen (secondary N) is 1. The number of carboxylic acids is 1. The number of benzene rings is 1. The first-order chi connectivity index (χ1) is 17.9. The third-order valence-corrected chi connectivity index (χ3v) is 7.78. The van der Waals surface area contributed by atoms with Gasteiger partial charge in [0, 0.05) is 12.6 Å². The number of methoxy groups -OCH3 is 2. The van der Waals surface area contributed by atoms with Crippen LogP contribution in [0.3, 0.4) is 0 Å². The monoisotopic (exact) mass is 512 g/mol. The van der Waals surface area contributed by atoms with Crippen LogP contribution in [0.2, 0.25) is 0 Å². The van der Waals surface area contributed by atoms with Gasteiger partial charge in [-0.25, -0.2) is 0 Å². The first-order valence-electron chi connectivity index (χ1n) is 13.5. The van der Waals surface area contributed by atoms with Crippen LogP contribution >= 0.6 is 0 Å². The van der Waals surface area contributed by atoms with E-state index in [1.807, 2.05) is 22.9 Å². The van der Waals surface area contributed by atoms with Gasteiger partial charge in [-0.2, -0.15) is 5.10 Å². The molecule has 0 radical (unpaired) electrons. The number of likely N-dealkylation sites (tertiary alicyclic amines) is 1. The zero-order chi connectivity index (χ0) is 26.4. The van der Waals surface area contributed by atoms with Gasteiger partial charge in [0.25, 0.3) is 5.91 Å². The van der Waals surface area contributed by atoms with E-state index >= 15 is 0 Å². The first kappa shape index (κ1) is 27.0. The number of piperidine rings is 1. The zero-order valence-corrected chi connectivity index (χ0v) is 22.2. The fourth-order valence-corrected chi connectivity index (χ4v) is 5.75. The van der Waals surface area contributed by atoms with Gasteiger partial charge >= 0.3 is 5.97 Å². The molecule has 4 rings (SSSR count). The van der Waals surface area contributed by atoms with Crippen LogP contribution in [0.4, 0.5) is 0 Å². The predicted molar refractivity (Wildman–Crippen MR) is 141 cm³/mol. The molecule has 1 amide bonds. The Hall–Kier alpha value is -3.07. The molecule has 0 spiro atoms. The van der Waals surface area contributed by atoms with Crippen molar-refractivity contribution in [1.82, 2.24) is 20.0 Å². The topological polar surface area (TPSA) is 106 Å². The molecule has 2 fully saturated rings. The molecule has 1 aromatic carbocycles. The van der Waals surface area contributed by atoms with Crippen LogP contribution in [0, 0.1) is 5.92 Å². The fourth-order valence-electron chi connectivity index (χ4n) is 5.75. The Morgan fingerprint density at radius 3 is 2.41 bits per heavy atom. The van der Waals surface area contributed by atoms with E-state index in [2.05, 4.69) is 17.1 Å². The van der Waals surface area contributed by atoms with E-state index < -0.39 is 12.0 Å². The maximum absolute atomic E-state index is 13.4. The molecule has 37 heavy (non-hydrogen) atoms. The minimum atomic E-state index is -0.922. The van der Waals surface area contributed by atoms with Crippen LogP contribution in [0.25, 0.3) is 11.3 Å². The van der Waals surface area contributed by atoms with Crippen molar-refractivity contribution in [3.05, 3.63) is 30.0 Å². The van der Waals surface area contributed by atoms with Gasteiger partial charge in [0.1, 0.15) is 11.5 Å². The van der Waals surface area contributed by atoms with Gasteiger partial charge in [-0.15, -0.1) is 0 Å². The fraction of sp³-hybridized carbons (Fsp3) is 0.607. The summed E-state index contributed by atoms with van der Waals surface area (Å²) in [5.41, 5.74) is 1.79. The number of amides is 1. The van der Waals surface area contributed by atoms with Gasteiger partial charge in [0.15, 0.2) is 5.69 Å². The second-order valence-corrected chi connectivity index (χ2v) is 10.3. The molecule has 1 aliphatic carbocycles. The molecule has 9 nitrogen and oxygen atoms in total. The lowest BCUT2D eigenvalue weighted by atomic mass is 10.0. The van der Waals surface area contributed by atoms with Crippen LogP contribution in [0.1, 0.15) is 74.8 Å². The average Bonchev–Trinajstić information content (AvgIpc) is 3.53. The molecule has 1 aromatic heterocycles. The summed E-state index contributed by atoms with van der Waals surface area (Å²) < 4.78 is 13.3. The highest BCUT2D eigenvalue weighted by Gasteiger charge is 2.31. The largest absolute Gasteiger partial charge is 0.496 e. The summed E-state index contributed by atoms with van der Waals surface area (Å²) in [6, 6.07) is 7.08. The Morgan fingerprint density at radius 2 is 1.81 bits per heavy atom.